The number of sulfonamides is 1. The predicted octanol–water partition coefficient (Wildman–Crippen LogP) is 4.44. The van der Waals surface area contributed by atoms with Crippen LogP contribution in [-0.2, 0) is 37.6 Å². The Bertz CT molecular complexity index is 1620. The molecule has 2 aliphatic heterocycles. The van der Waals surface area contributed by atoms with E-state index in [1.807, 2.05) is 0 Å². The molecule has 2 aromatic rings. The molecule has 3 heterocycles. The van der Waals surface area contributed by atoms with Crippen molar-refractivity contribution >= 4 is 59.5 Å². The van der Waals surface area contributed by atoms with Gasteiger partial charge in [-0.2, -0.15) is 8.42 Å². The number of hydrogen-bond donors (Lipinski definition) is 2. The molecule has 9 nitrogen and oxygen atoms in total. The molecule has 1 fully saturated rings. The van der Waals surface area contributed by atoms with Crippen LogP contribution in [0.15, 0.2) is 44.2 Å². The number of amides is 1. The summed E-state index contributed by atoms with van der Waals surface area (Å²) in [6.45, 7) is 0.0514. The Labute approximate surface area is 235 Å². The maximum absolute atomic E-state index is 13.9. The summed E-state index contributed by atoms with van der Waals surface area (Å²) in [6, 6.07) is 3.59. The summed E-state index contributed by atoms with van der Waals surface area (Å²) in [5.41, 5.74) is 0.620. The van der Waals surface area contributed by atoms with Gasteiger partial charge in [0.05, 0.1) is 5.75 Å². The molecule has 1 saturated carbocycles. The Balaban J connectivity index is 1.54. The number of sulfone groups is 1. The molecule has 1 aromatic carbocycles. The fraction of sp³-hybridized carbons (Fsp3) is 0.440. The van der Waals surface area contributed by atoms with Crippen molar-refractivity contribution in [1.82, 2.24) is 4.90 Å². The van der Waals surface area contributed by atoms with Crippen LogP contribution in [-0.4, -0.2) is 56.6 Å². The minimum atomic E-state index is -4.30. The van der Waals surface area contributed by atoms with Gasteiger partial charge in [0.1, 0.15) is 36.9 Å². The molecular weight excluding hydrogens is 589 g/mol. The number of carbonyl (C=O) groups excluding carboxylic acids is 1. The standard InChI is InChI=1S/C25H27ClFN3O6S3/c1-38(33,34)10-9-15-13-37-24-22(15)39(35,36)29-23(28-24)20-21(31)17-5-3-2-4-6-19(17)30(25(20)32)12-14-7-8-16(27)11-18(14)26/h7-8,11,13,17,19,31H,2-6,9-10,12H2,1H3,(H,28,29). The van der Waals surface area contributed by atoms with E-state index in [0.717, 1.165) is 36.9 Å². The van der Waals surface area contributed by atoms with Gasteiger partial charge in [-0.1, -0.05) is 36.9 Å². The van der Waals surface area contributed by atoms with Gasteiger partial charge in [-0.05, 0) is 47.9 Å². The first-order chi connectivity index (χ1) is 18.4. The third-order valence-corrected chi connectivity index (χ3v) is 11.1. The van der Waals surface area contributed by atoms with E-state index in [9.17, 15) is 31.1 Å². The van der Waals surface area contributed by atoms with E-state index in [1.165, 1.54) is 18.2 Å². The lowest BCUT2D eigenvalue weighted by molar-refractivity contribution is -0.132. The van der Waals surface area contributed by atoms with Gasteiger partial charge in [0.2, 0.25) is 0 Å². The van der Waals surface area contributed by atoms with Crippen LogP contribution in [0.5, 0.6) is 0 Å². The van der Waals surface area contributed by atoms with Crippen molar-refractivity contribution in [1.29, 1.82) is 0 Å². The normalized spacial score (nSPS) is 23.0. The van der Waals surface area contributed by atoms with Crippen LogP contribution in [0.2, 0.25) is 5.02 Å². The Morgan fingerprint density at radius 2 is 1.97 bits per heavy atom. The quantitative estimate of drug-likeness (QED) is 0.491. The molecule has 0 spiro atoms. The average molecular weight is 616 g/mol. The zero-order valence-electron chi connectivity index (χ0n) is 21.0. The molecule has 0 radical (unpaired) electrons. The molecule has 0 bridgehead atoms. The van der Waals surface area contributed by atoms with Gasteiger partial charge in [-0.3, -0.25) is 4.79 Å². The van der Waals surface area contributed by atoms with Crippen molar-refractivity contribution in [3.63, 3.8) is 0 Å². The van der Waals surface area contributed by atoms with E-state index >= 15 is 0 Å². The molecule has 210 valence electrons. The number of aliphatic hydroxyl groups is 1. The molecule has 0 saturated heterocycles. The van der Waals surface area contributed by atoms with E-state index in [0.29, 0.717) is 24.0 Å². The van der Waals surface area contributed by atoms with Gasteiger partial charge in [0, 0.05) is 29.8 Å². The highest BCUT2D eigenvalue weighted by Crippen LogP contribution is 2.42. The smallest absolute Gasteiger partial charge is 0.287 e. The van der Waals surface area contributed by atoms with Gasteiger partial charge in [-0.15, -0.1) is 15.7 Å². The summed E-state index contributed by atoms with van der Waals surface area (Å²) >= 11 is 7.34. The topological polar surface area (TPSA) is 133 Å². The Morgan fingerprint density at radius 3 is 2.69 bits per heavy atom. The number of nitrogens with zero attached hydrogens (tertiary/aromatic N) is 2. The van der Waals surface area contributed by atoms with Crippen LogP contribution in [0.4, 0.5) is 9.39 Å². The molecule has 1 aliphatic carbocycles. The summed E-state index contributed by atoms with van der Waals surface area (Å²) in [5.74, 6) is -2.24. The zero-order chi connectivity index (χ0) is 28.1. The third kappa shape index (κ3) is 5.59. The molecule has 14 heteroatoms. The molecule has 2 atom stereocenters. The van der Waals surface area contributed by atoms with Gasteiger partial charge in [-0.25, -0.2) is 12.8 Å². The van der Waals surface area contributed by atoms with E-state index in [-0.39, 0.29) is 56.8 Å². The largest absolute Gasteiger partial charge is 0.511 e. The van der Waals surface area contributed by atoms with Crippen molar-refractivity contribution in [3.8, 4) is 0 Å². The van der Waals surface area contributed by atoms with Crippen molar-refractivity contribution in [2.75, 3.05) is 17.3 Å². The second kappa shape index (κ2) is 10.5. The fourth-order valence-electron chi connectivity index (χ4n) is 5.44. The second-order valence-electron chi connectivity index (χ2n) is 10.1. The third-order valence-electron chi connectivity index (χ3n) is 7.31. The number of thiophene rings is 1. The Hall–Kier alpha value is -2.48. The number of halogens is 2. The van der Waals surface area contributed by atoms with Gasteiger partial charge in [0.15, 0.2) is 5.84 Å². The summed E-state index contributed by atoms with van der Waals surface area (Å²) in [5, 5.41) is 16.2. The maximum Gasteiger partial charge on any atom is 0.287 e. The van der Waals surface area contributed by atoms with Gasteiger partial charge in [0.25, 0.3) is 15.9 Å². The number of aliphatic hydroxyl groups excluding tert-OH is 1. The van der Waals surface area contributed by atoms with E-state index in [4.69, 9.17) is 11.6 Å². The molecule has 5 rings (SSSR count). The predicted molar refractivity (Wildman–Crippen MR) is 148 cm³/mol. The van der Waals surface area contributed by atoms with Gasteiger partial charge >= 0.3 is 0 Å². The van der Waals surface area contributed by atoms with Crippen molar-refractivity contribution in [3.05, 3.63) is 56.9 Å². The summed E-state index contributed by atoms with van der Waals surface area (Å²) < 4.78 is 67.4. The highest BCUT2D eigenvalue weighted by Gasteiger charge is 2.45. The summed E-state index contributed by atoms with van der Waals surface area (Å²) in [6.07, 6.45) is 4.92. The Kier molecular flexibility index (Phi) is 7.55. The van der Waals surface area contributed by atoms with Crippen molar-refractivity contribution < 1.29 is 31.1 Å². The number of amidine groups is 1. The number of aryl methyl sites for hydroxylation is 1. The van der Waals surface area contributed by atoms with Crippen molar-refractivity contribution in [2.45, 2.75) is 56.0 Å². The highest BCUT2D eigenvalue weighted by molar-refractivity contribution is 7.91. The molecule has 3 aliphatic rings. The monoisotopic (exact) mass is 615 g/mol. The van der Waals surface area contributed by atoms with Crippen LogP contribution in [0.25, 0.3) is 0 Å². The first-order valence-corrected chi connectivity index (χ1v) is 17.2. The van der Waals surface area contributed by atoms with Crippen LogP contribution < -0.4 is 5.32 Å². The first-order valence-electron chi connectivity index (χ1n) is 12.4. The number of rotatable bonds is 6. The lowest BCUT2D eigenvalue weighted by Crippen LogP contribution is -2.51. The first kappa shape index (κ1) is 28.1. The molecule has 2 N–H and O–H groups in total. The second-order valence-corrected chi connectivity index (χ2v) is 15.2. The summed E-state index contributed by atoms with van der Waals surface area (Å²) in [4.78, 5) is 15.4. The van der Waals surface area contributed by atoms with Crippen LogP contribution in [0, 0.1) is 11.7 Å². The molecule has 1 aromatic heterocycles. The van der Waals surface area contributed by atoms with Gasteiger partial charge < -0.3 is 15.3 Å². The minimum absolute atomic E-state index is 0.000726. The lowest BCUT2D eigenvalue weighted by Gasteiger charge is -2.41. The average Bonchev–Trinajstić information content (AvgIpc) is 3.10. The molecule has 1 amide bonds. The van der Waals surface area contributed by atoms with Crippen molar-refractivity contribution in [2.24, 2.45) is 10.3 Å². The number of anilines is 1. The summed E-state index contributed by atoms with van der Waals surface area (Å²) in [7, 11) is -7.63. The van der Waals surface area contributed by atoms with Crippen LogP contribution >= 0.6 is 22.9 Å². The van der Waals surface area contributed by atoms with E-state index in [2.05, 4.69) is 9.71 Å². The SMILES string of the molecule is CS(=O)(=O)CCc1csc2c1S(=O)(=O)N=C(C1=C(O)C3CCCCCC3N(Cc3ccc(F)cc3Cl)C1=O)N2. The Morgan fingerprint density at radius 1 is 1.23 bits per heavy atom. The molecule has 39 heavy (non-hydrogen) atoms. The van der Waals surface area contributed by atoms with Crippen LogP contribution in [0.1, 0.15) is 43.2 Å². The fourth-order valence-corrected chi connectivity index (χ4v) is 8.93. The zero-order valence-corrected chi connectivity index (χ0v) is 24.2. The number of nitrogens with one attached hydrogen (secondary N) is 1. The van der Waals surface area contributed by atoms with Crippen LogP contribution in [0.3, 0.4) is 0 Å². The minimum Gasteiger partial charge on any atom is -0.511 e. The molecular formula is C25H27ClFN3O6S3. The lowest BCUT2D eigenvalue weighted by atomic mass is 9.84. The van der Waals surface area contributed by atoms with E-state index in [1.54, 1.807) is 10.3 Å². The highest BCUT2D eigenvalue weighted by atomic mass is 35.5. The number of fused-ring (bicyclic) bond motifs is 2. The van der Waals surface area contributed by atoms with E-state index < -0.39 is 37.5 Å². The maximum atomic E-state index is 13.9. The number of benzene rings is 1. The number of carbonyl (C=O) groups is 1. The molecule has 2 unspecified atom stereocenters. The number of hydrogen-bond acceptors (Lipinski definition) is 8.